The van der Waals surface area contributed by atoms with Crippen LogP contribution in [-0.2, 0) is 23.6 Å². The molecule has 0 heterocycles. The molecule has 0 saturated heterocycles. The van der Waals surface area contributed by atoms with Crippen molar-refractivity contribution in [3.8, 4) is 0 Å². The van der Waals surface area contributed by atoms with Gasteiger partial charge in [0.05, 0.1) is 0 Å². The first-order valence-electron chi connectivity index (χ1n) is 5.03. The predicted octanol–water partition coefficient (Wildman–Crippen LogP) is -1.18. The molecule has 11 heteroatoms. The zero-order chi connectivity index (χ0) is 16.2. The summed E-state index contributed by atoms with van der Waals surface area (Å²) in [6.07, 6.45) is 0. The molecule has 0 saturated carbocycles. The second-order valence-corrected chi connectivity index (χ2v) is 9.48. The summed E-state index contributed by atoms with van der Waals surface area (Å²) >= 11 is 7.21. The molecule has 0 aliphatic heterocycles. The first-order chi connectivity index (χ1) is 7.46. The minimum atomic E-state index is -3.81. The van der Waals surface area contributed by atoms with Crippen molar-refractivity contribution in [2.45, 2.75) is 41.5 Å². The Bertz CT molecular complexity index is 211. The summed E-state index contributed by atoms with van der Waals surface area (Å²) < 4.78 is 0. The summed E-state index contributed by atoms with van der Waals surface area (Å²) in [5.41, 5.74) is 0. The number of hydrogen-bond acceptors (Lipinski definition) is 2. The third kappa shape index (κ3) is 1540. The van der Waals surface area contributed by atoms with Crippen LogP contribution in [0, 0.1) is 11.8 Å². The van der Waals surface area contributed by atoms with Gasteiger partial charge in [-0.05, 0) is 35.4 Å². The van der Waals surface area contributed by atoms with E-state index >= 15 is 0 Å². The van der Waals surface area contributed by atoms with Gasteiger partial charge in [-0.3, -0.25) is 0 Å². The fourth-order valence-electron chi connectivity index (χ4n) is 0. The van der Waals surface area contributed by atoms with Gasteiger partial charge in [-0.15, -0.1) is 0 Å². The van der Waals surface area contributed by atoms with E-state index in [0.717, 1.165) is 11.8 Å². The summed E-state index contributed by atoms with van der Waals surface area (Å²) in [5, 5.41) is 0. The minimum Gasteiger partial charge on any atom is -1.00 e. The van der Waals surface area contributed by atoms with Crippen molar-refractivity contribution in [2.75, 3.05) is 0 Å². The first kappa shape index (κ1) is 32.9. The molecule has 0 aromatic rings. The van der Waals surface area contributed by atoms with Gasteiger partial charge < -0.3 is 30.8 Å². The second-order valence-electron chi connectivity index (χ2n) is 4.49. The number of hydrogen-bond donors (Lipinski definition) is 6. The zero-order valence-electron chi connectivity index (χ0n) is 13.5. The quantitative estimate of drug-likeness (QED) is 0.233. The molecule has 6 nitrogen and oxygen atoms in total. The van der Waals surface area contributed by atoms with E-state index in [1.165, 1.54) is 0 Å². The van der Waals surface area contributed by atoms with E-state index in [4.69, 9.17) is 29.4 Å². The van der Waals surface area contributed by atoms with Crippen LogP contribution < -0.4 is 29.6 Å². The number of rotatable bonds is 0. The topological polar surface area (TPSA) is 121 Å². The molecule has 0 aliphatic carbocycles. The fraction of sp³-hybridized carbons (Fsp3) is 1.00. The Balaban J connectivity index is -0.0000000318. The van der Waals surface area contributed by atoms with Crippen LogP contribution in [0.3, 0.4) is 0 Å². The normalized spacial score (nSPS) is 10.0. The van der Waals surface area contributed by atoms with E-state index in [9.17, 15) is 0 Å². The summed E-state index contributed by atoms with van der Waals surface area (Å²) in [7, 11) is 0. The maximum atomic E-state index is 7.56. The van der Waals surface area contributed by atoms with Gasteiger partial charge in [0.2, 0.25) is 0 Å². The van der Waals surface area contributed by atoms with Crippen LogP contribution in [0.15, 0.2) is 0 Å². The largest absolute Gasteiger partial charge is 1.00 e. The molecule has 0 amide bonds. The zero-order valence-corrected chi connectivity index (χ0v) is 18.0. The van der Waals surface area contributed by atoms with E-state index in [-0.39, 0.29) is 31.0 Å². The van der Waals surface area contributed by atoms with E-state index in [1.54, 1.807) is 0 Å². The van der Waals surface area contributed by atoms with Gasteiger partial charge in [-0.2, -0.15) is 0 Å². The van der Waals surface area contributed by atoms with Crippen LogP contribution in [0.1, 0.15) is 43.0 Å². The van der Waals surface area contributed by atoms with Gasteiger partial charge in [0, 0.05) is 0 Å². The molecule has 19 heavy (non-hydrogen) atoms. The van der Waals surface area contributed by atoms with Crippen molar-refractivity contribution < 1.29 is 60.3 Å². The van der Waals surface area contributed by atoms with Crippen LogP contribution >= 0.6 is 13.4 Å². The Hall–Kier alpha value is 2.06. The van der Waals surface area contributed by atoms with Crippen molar-refractivity contribution in [2.24, 2.45) is 11.8 Å². The SMILES string of the molecule is CC(C)C.CC(C)C.OP(O)(O)=S.OP(O)(O)=S.[H-].[Na+]. The molecule has 6 N–H and O–H groups in total. The maximum Gasteiger partial charge on any atom is 1.00 e. The Morgan fingerprint density at radius 3 is 0.632 bits per heavy atom. The van der Waals surface area contributed by atoms with E-state index in [1.807, 2.05) is 0 Å². The van der Waals surface area contributed by atoms with E-state index in [0.29, 0.717) is 0 Å². The molecule has 0 spiro atoms. The summed E-state index contributed by atoms with van der Waals surface area (Å²) in [5.74, 6) is 1.67. The standard InChI is InChI=1S/2C4H10.Na.2H3O3PS.H/c2*1-4(2)3;;2*1-4(2,3)5;/h2*4H,1-3H3;;2*(H3,1,2,3,5);/q;;+1;;;-1. The summed E-state index contributed by atoms with van der Waals surface area (Å²) in [6, 6.07) is 0. The van der Waals surface area contributed by atoms with Gasteiger partial charge in [-0.1, -0.05) is 41.5 Å². The molecule has 0 radical (unpaired) electrons. The first-order valence-corrected chi connectivity index (χ1v) is 10.4. The van der Waals surface area contributed by atoms with Crippen LogP contribution in [-0.4, -0.2) is 29.4 Å². The van der Waals surface area contributed by atoms with E-state index in [2.05, 4.69) is 65.2 Å². The third-order valence-electron chi connectivity index (χ3n) is 0. The molecular weight excluding hydrogens is 341 g/mol. The molecule has 0 rings (SSSR count). The average molecular weight is 368 g/mol. The van der Waals surface area contributed by atoms with Crippen molar-refractivity contribution >= 4 is 37.1 Å². The van der Waals surface area contributed by atoms with Gasteiger partial charge in [0.25, 0.3) is 0 Å². The van der Waals surface area contributed by atoms with Gasteiger partial charge in [0.1, 0.15) is 0 Å². The molecule has 0 atom stereocenters. The van der Waals surface area contributed by atoms with Crippen LogP contribution in [0.5, 0.6) is 0 Å². The van der Waals surface area contributed by atoms with Gasteiger partial charge in [0.15, 0.2) is 0 Å². The third-order valence-corrected chi connectivity index (χ3v) is 0. The average Bonchev–Trinajstić information content (AvgIpc) is 1.70. The molecule has 118 valence electrons. The van der Waals surface area contributed by atoms with Gasteiger partial charge in [-0.25, -0.2) is 0 Å². The summed E-state index contributed by atoms with van der Waals surface area (Å²) in [6.45, 7) is 5.39. The second kappa shape index (κ2) is 18.1. The maximum absolute atomic E-state index is 7.56. The predicted molar refractivity (Wildman–Crippen MR) is 84.0 cm³/mol. The molecule has 0 unspecified atom stereocenters. The Labute approximate surface area is 150 Å². The Kier molecular flexibility index (Phi) is 31.3. The van der Waals surface area contributed by atoms with Crippen molar-refractivity contribution in [1.29, 1.82) is 0 Å². The van der Waals surface area contributed by atoms with Crippen molar-refractivity contribution in [3.05, 3.63) is 0 Å². The molecule has 0 aromatic carbocycles. The molecular formula is C8H27NaO6P2S2. The Morgan fingerprint density at radius 1 is 0.632 bits per heavy atom. The van der Waals surface area contributed by atoms with Crippen LogP contribution in [0.4, 0.5) is 0 Å². The van der Waals surface area contributed by atoms with E-state index < -0.39 is 13.4 Å². The Morgan fingerprint density at radius 2 is 0.632 bits per heavy atom. The van der Waals surface area contributed by atoms with Crippen molar-refractivity contribution in [1.82, 2.24) is 0 Å². The summed E-state index contributed by atoms with van der Waals surface area (Å²) in [4.78, 5) is 45.3. The molecule has 0 fully saturated rings. The van der Waals surface area contributed by atoms with Gasteiger partial charge >= 0.3 is 43.0 Å². The fourth-order valence-corrected chi connectivity index (χ4v) is 0. The monoisotopic (exact) mass is 368 g/mol. The molecule has 0 aromatic heterocycles. The molecule has 0 aliphatic rings. The molecule has 0 bridgehead atoms. The van der Waals surface area contributed by atoms with Crippen LogP contribution in [0.2, 0.25) is 0 Å². The van der Waals surface area contributed by atoms with Crippen LogP contribution in [0.25, 0.3) is 0 Å². The minimum absolute atomic E-state index is 0. The van der Waals surface area contributed by atoms with Crippen molar-refractivity contribution in [3.63, 3.8) is 0 Å². The smallest absolute Gasteiger partial charge is 1.00 e.